The van der Waals surface area contributed by atoms with Crippen molar-refractivity contribution in [1.29, 1.82) is 0 Å². The molecule has 6 heteroatoms. The summed E-state index contributed by atoms with van der Waals surface area (Å²) < 4.78 is 12.2. The highest BCUT2D eigenvalue weighted by atomic mass is 16.5. The van der Waals surface area contributed by atoms with E-state index in [9.17, 15) is 4.79 Å². The maximum atomic E-state index is 12.8. The van der Waals surface area contributed by atoms with E-state index in [-0.39, 0.29) is 24.2 Å². The van der Waals surface area contributed by atoms with E-state index in [1.165, 1.54) is 0 Å². The van der Waals surface area contributed by atoms with E-state index in [4.69, 9.17) is 9.47 Å². The number of rotatable bonds is 6. The molecular weight excluding hydrogens is 330 g/mol. The highest BCUT2D eigenvalue weighted by Crippen LogP contribution is 2.33. The van der Waals surface area contributed by atoms with Gasteiger partial charge in [-0.25, -0.2) is 0 Å². The van der Waals surface area contributed by atoms with Crippen molar-refractivity contribution in [3.8, 4) is 0 Å². The van der Waals surface area contributed by atoms with Crippen LogP contribution < -0.4 is 0 Å². The Labute approximate surface area is 153 Å². The van der Waals surface area contributed by atoms with Crippen LogP contribution >= 0.6 is 0 Å². The third-order valence-electron chi connectivity index (χ3n) is 5.34. The lowest BCUT2D eigenvalue weighted by Crippen LogP contribution is -2.46. The summed E-state index contributed by atoms with van der Waals surface area (Å²) in [6.07, 6.45) is 8.61. The van der Waals surface area contributed by atoms with E-state index in [1.807, 2.05) is 35.4 Å². The lowest BCUT2D eigenvalue weighted by atomic mass is 10.1. The summed E-state index contributed by atoms with van der Waals surface area (Å²) in [7, 11) is 0. The molecule has 1 amide bonds. The first-order valence-corrected chi connectivity index (χ1v) is 9.35. The molecule has 0 spiro atoms. The Kier molecular flexibility index (Phi) is 5.32. The molecule has 6 nitrogen and oxygen atoms in total. The van der Waals surface area contributed by atoms with Gasteiger partial charge in [-0.15, -0.1) is 0 Å². The summed E-state index contributed by atoms with van der Waals surface area (Å²) in [5.74, 6) is 0.188. The number of carbonyl (C=O) groups excluding carboxylic acids is 1. The third-order valence-corrected chi connectivity index (χ3v) is 5.34. The van der Waals surface area contributed by atoms with Crippen molar-refractivity contribution in [1.82, 2.24) is 14.9 Å². The van der Waals surface area contributed by atoms with Gasteiger partial charge in [0.25, 0.3) is 0 Å². The monoisotopic (exact) mass is 355 g/mol. The second-order valence-electron chi connectivity index (χ2n) is 6.97. The molecule has 0 aromatic carbocycles. The summed E-state index contributed by atoms with van der Waals surface area (Å²) in [5, 5.41) is 0. The summed E-state index contributed by atoms with van der Waals surface area (Å²) >= 11 is 0. The molecule has 26 heavy (non-hydrogen) atoms. The number of hydrogen-bond donors (Lipinski definition) is 1. The first-order chi connectivity index (χ1) is 12.8. The average Bonchev–Trinajstić information content (AvgIpc) is 3.27. The Hall–Kier alpha value is -2.18. The van der Waals surface area contributed by atoms with Crippen LogP contribution in [-0.2, 0) is 27.3 Å². The van der Waals surface area contributed by atoms with Crippen molar-refractivity contribution < 1.29 is 14.3 Å². The number of aromatic amines is 1. The SMILES string of the molecule is O=C(CCc1ccc[nH]1)N1CCOC2CCC1C2OCc1ccncc1. The lowest BCUT2D eigenvalue weighted by Gasteiger charge is -2.31. The second kappa shape index (κ2) is 8.01. The Bertz CT molecular complexity index is 704. The van der Waals surface area contributed by atoms with Crippen LogP contribution in [0.2, 0.25) is 0 Å². The normalized spacial score (nSPS) is 25.2. The van der Waals surface area contributed by atoms with Gasteiger partial charge in [0.1, 0.15) is 6.10 Å². The number of carbonyl (C=O) groups is 1. The lowest BCUT2D eigenvalue weighted by molar-refractivity contribution is -0.136. The molecule has 3 heterocycles. The zero-order chi connectivity index (χ0) is 17.8. The number of amides is 1. The predicted octanol–water partition coefficient (Wildman–Crippen LogP) is 2.32. The number of fused-ring (bicyclic) bond motifs is 2. The van der Waals surface area contributed by atoms with Crippen molar-refractivity contribution in [3.05, 3.63) is 54.1 Å². The summed E-state index contributed by atoms with van der Waals surface area (Å²) in [4.78, 5) is 22.0. The zero-order valence-corrected chi connectivity index (χ0v) is 14.8. The molecule has 2 bridgehead atoms. The maximum Gasteiger partial charge on any atom is 0.223 e. The number of nitrogens with zero attached hydrogens (tertiary/aromatic N) is 2. The molecule has 138 valence electrons. The minimum absolute atomic E-state index is 0.0555. The maximum absolute atomic E-state index is 12.8. The number of H-pyrrole nitrogens is 1. The van der Waals surface area contributed by atoms with Crippen molar-refractivity contribution >= 4 is 5.91 Å². The number of hydrogen-bond acceptors (Lipinski definition) is 4. The number of aromatic nitrogens is 2. The fraction of sp³-hybridized carbons (Fsp3) is 0.500. The van der Waals surface area contributed by atoms with E-state index in [1.54, 1.807) is 12.4 Å². The van der Waals surface area contributed by atoms with Gasteiger partial charge < -0.3 is 19.4 Å². The Morgan fingerprint density at radius 3 is 3.00 bits per heavy atom. The van der Waals surface area contributed by atoms with Gasteiger partial charge in [-0.05, 0) is 49.1 Å². The molecular formula is C20H25N3O3. The van der Waals surface area contributed by atoms with Crippen LogP contribution in [0.5, 0.6) is 0 Å². The second-order valence-corrected chi connectivity index (χ2v) is 6.97. The molecule has 3 unspecified atom stereocenters. The van der Waals surface area contributed by atoms with Gasteiger partial charge in [0.2, 0.25) is 5.91 Å². The summed E-state index contributed by atoms with van der Waals surface area (Å²) in [6, 6.07) is 8.01. The zero-order valence-electron chi connectivity index (χ0n) is 14.8. The summed E-state index contributed by atoms with van der Waals surface area (Å²) in [5.41, 5.74) is 2.19. The van der Waals surface area contributed by atoms with Gasteiger partial charge in [-0.2, -0.15) is 0 Å². The first kappa shape index (κ1) is 17.2. The minimum Gasteiger partial charge on any atom is -0.374 e. The van der Waals surface area contributed by atoms with Gasteiger partial charge >= 0.3 is 0 Å². The van der Waals surface area contributed by atoms with Crippen LogP contribution in [-0.4, -0.2) is 52.2 Å². The average molecular weight is 355 g/mol. The minimum atomic E-state index is -0.0555. The van der Waals surface area contributed by atoms with Crippen molar-refractivity contribution in [2.24, 2.45) is 0 Å². The molecule has 0 radical (unpaired) electrons. The van der Waals surface area contributed by atoms with Crippen molar-refractivity contribution in [3.63, 3.8) is 0 Å². The van der Waals surface area contributed by atoms with Crippen LogP contribution in [0.3, 0.4) is 0 Å². The van der Waals surface area contributed by atoms with Gasteiger partial charge in [0, 0.05) is 37.3 Å². The van der Waals surface area contributed by atoms with E-state index in [0.717, 1.165) is 30.5 Å². The smallest absolute Gasteiger partial charge is 0.223 e. The van der Waals surface area contributed by atoms with Crippen LogP contribution in [0.15, 0.2) is 42.9 Å². The molecule has 4 rings (SSSR count). The van der Waals surface area contributed by atoms with E-state index >= 15 is 0 Å². The highest BCUT2D eigenvalue weighted by molar-refractivity contribution is 5.77. The van der Waals surface area contributed by atoms with E-state index in [0.29, 0.717) is 26.2 Å². The summed E-state index contributed by atoms with van der Waals surface area (Å²) in [6.45, 7) is 1.76. The molecule has 2 fully saturated rings. The third kappa shape index (κ3) is 3.81. The largest absolute Gasteiger partial charge is 0.374 e. The fourth-order valence-electron chi connectivity index (χ4n) is 4.00. The first-order valence-electron chi connectivity index (χ1n) is 9.35. The van der Waals surface area contributed by atoms with Crippen molar-refractivity contribution in [2.45, 2.75) is 50.5 Å². The quantitative estimate of drug-likeness (QED) is 0.863. The molecule has 2 aromatic heterocycles. The van der Waals surface area contributed by atoms with Crippen molar-refractivity contribution in [2.75, 3.05) is 13.2 Å². The van der Waals surface area contributed by atoms with Gasteiger partial charge in [-0.1, -0.05) is 0 Å². The number of ether oxygens (including phenoxy) is 2. The topological polar surface area (TPSA) is 67.5 Å². The van der Waals surface area contributed by atoms with Crippen LogP contribution in [0.4, 0.5) is 0 Å². The molecule has 1 N–H and O–H groups in total. The number of aryl methyl sites for hydroxylation is 1. The van der Waals surface area contributed by atoms with Crippen LogP contribution in [0.25, 0.3) is 0 Å². The van der Waals surface area contributed by atoms with Crippen LogP contribution in [0.1, 0.15) is 30.5 Å². The molecule has 1 saturated heterocycles. The van der Waals surface area contributed by atoms with Gasteiger partial charge in [-0.3, -0.25) is 9.78 Å². The number of pyridine rings is 1. The number of nitrogens with one attached hydrogen (secondary N) is 1. The van der Waals surface area contributed by atoms with Gasteiger partial charge in [0.15, 0.2) is 0 Å². The van der Waals surface area contributed by atoms with E-state index in [2.05, 4.69) is 9.97 Å². The van der Waals surface area contributed by atoms with E-state index < -0.39 is 0 Å². The van der Waals surface area contributed by atoms with Crippen LogP contribution in [0, 0.1) is 0 Å². The molecule has 1 aliphatic carbocycles. The fourth-order valence-corrected chi connectivity index (χ4v) is 4.00. The predicted molar refractivity (Wildman–Crippen MR) is 96.4 cm³/mol. The molecule has 2 aromatic rings. The standard InChI is InChI=1S/C20H25N3O3/c24-19(6-3-16-2-1-9-22-16)23-12-13-25-18-5-4-17(23)20(18)26-14-15-7-10-21-11-8-15/h1-2,7-11,17-18,20,22H,3-6,12-14H2. The Morgan fingerprint density at radius 1 is 1.31 bits per heavy atom. The van der Waals surface area contributed by atoms with Gasteiger partial charge in [0.05, 0.1) is 25.4 Å². The Morgan fingerprint density at radius 2 is 2.19 bits per heavy atom. The molecule has 1 saturated carbocycles. The molecule has 1 aliphatic heterocycles. The molecule has 3 atom stereocenters. The highest BCUT2D eigenvalue weighted by Gasteiger charge is 2.44. The Balaban J connectivity index is 1.40. The molecule has 2 aliphatic rings.